The first-order valence-electron chi connectivity index (χ1n) is 10.4. The van der Waals surface area contributed by atoms with Gasteiger partial charge in [0.25, 0.3) is 5.91 Å². The van der Waals surface area contributed by atoms with Crippen molar-refractivity contribution in [3.63, 3.8) is 0 Å². The summed E-state index contributed by atoms with van der Waals surface area (Å²) < 4.78 is 16.5. The minimum Gasteiger partial charge on any atom is -0.497 e. The van der Waals surface area contributed by atoms with E-state index in [1.807, 2.05) is 42.5 Å². The van der Waals surface area contributed by atoms with Crippen molar-refractivity contribution in [1.82, 2.24) is 5.43 Å². The van der Waals surface area contributed by atoms with Gasteiger partial charge in [0.2, 0.25) is 0 Å². The van der Waals surface area contributed by atoms with E-state index in [4.69, 9.17) is 14.2 Å². The second-order valence-electron chi connectivity index (χ2n) is 7.27. The third-order valence-electron chi connectivity index (χ3n) is 5.17. The van der Waals surface area contributed by atoms with Crippen LogP contribution in [0.3, 0.4) is 0 Å². The lowest BCUT2D eigenvalue weighted by Crippen LogP contribution is -2.17. The van der Waals surface area contributed by atoms with Crippen molar-refractivity contribution in [2.75, 3.05) is 14.2 Å². The predicted molar refractivity (Wildman–Crippen MR) is 129 cm³/mol. The topological polar surface area (TPSA) is 69.2 Å². The van der Waals surface area contributed by atoms with E-state index in [9.17, 15) is 4.79 Å². The van der Waals surface area contributed by atoms with Crippen LogP contribution in [0.5, 0.6) is 17.2 Å². The van der Waals surface area contributed by atoms with Gasteiger partial charge in [0.05, 0.1) is 20.4 Å². The molecule has 0 aliphatic carbocycles. The van der Waals surface area contributed by atoms with Crippen molar-refractivity contribution in [3.05, 3.63) is 102 Å². The zero-order valence-corrected chi connectivity index (χ0v) is 18.4. The number of carbonyl (C=O) groups is 1. The quantitative estimate of drug-likeness (QED) is 0.302. The number of rotatable bonds is 8. The molecular formula is C27H24N2O4. The number of methoxy groups -OCH3 is 2. The highest BCUT2D eigenvalue weighted by molar-refractivity contribution is 5.96. The van der Waals surface area contributed by atoms with E-state index in [2.05, 4.69) is 34.8 Å². The molecule has 0 aliphatic rings. The Labute approximate surface area is 192 Å². The van der Waals surface area contributed by atoms with E-state index < -0.39 is 0 Å². The van der Waals surface area contributed by atoms with Crippen LogP contribution in [0.4, 0.5) is 0 Å². The van der Waals surface area contributed by atoms with Crippen LogP contribution in [0.15, 0.2) is 90.0 Å². The maximum atomic E-state index is 12.5. The first-order valence-corrected chi connectivity index (χ1v) is 10.4. The molecule has 0 unspecified atom stereocenters. The molecule has 0 aliphatic heterocycles. The minimum atomic E-state index is -0.377. The predicted octanol–water partition coefficient (Wildman–Crippen LogP) is 5.20. The number of hydrogen-bond donors (Lipinski definition) is 1. The van der Waals surface area contributed by atoms with Gasteiger partial charge in [0, 0.05) is 17.2 Å². The second-order valence-corrected chi connectivity index (χ2v) is 7.27. The molecule has 4 aromatic carbocycles. The summed E-state index contributed by atoms with van der Waals surface area (Å²) in [4.78, 5) is 12.5. The average Bonchev–Trinajstić information content (AvgIpc) is 2.87. The number of nitrogens with zero attached hydrogens (tertiary/aromatic N) is 1. The third kappa shape index (κ3) is 5.30. The average molecular weight is 440 g/mol. The van der Waals surface area contributed by atoms with Gasteiger partial charge in [-0.2, -0.15) is 5.10 Å². The SMILES string of the molecule is COc1cc(OC)cc(C(=O)NN=Cc2ccccc2OCc2cccc3ccccc23)c1. The summed E-state index contributed by atoms with van der Waals surface area (Å²) in [5.41, 5.74) is 4.77. The van der Waals surface area contributed by atoms with Crippen LogP contribution in [-0.2, 0) is 6.61 Å². The third-order valence-corrected chi connectivity index (χ3v) is 5.17. The fraction of sp³-hybridized carbons (Fsp3) is 0.111. The Kier molecular flexibility index (Phi) is 6.85. The van der Waals surface area contributed by atoms with Gasteiger partial charge in [-0.05, 0) is 40.6 Å². The molecular weight excluding hydrogens is 416 g/mol. The summed E-state index contributed by atoms with van der Waals surface area (Å²) >= 11 is 0. The first kappa shape index (κ1) is 21.9. The Morgan fingerprint density at radius 3 is 2.36 bits per heavy atom. The molecule has 0 atom stereocenters. The highest BCUT2D eigenvalue weighted by Gasteiger charge is 2.09. The molecule has 6 heteroatoms. The van der Waals surface area contributed by atoms with E-state index in [-0.39, 0.29) is 5.91 Å². The molecule has 0 radical (unpaired) electrons. The van der Waals surface area contributed by atoms with E-state index in [0.29, 0.717) is 29.4 Å². The minimum absolute atomic E-state index is 0.377. The molecule has 0 bridgehead atoms. The second kappa shape index (κ2) is 10.3. The van der Waals surface area contributed by atoms with Gasteiger partial charge < -0.3 is 14.2 Å². The Morgan fingerprint density at radius 2 is 1.58 bits per heavy atom. The molecule has 166 valence electrons. The Balaban J connectivity index is 1.46. The molecule has 4 aromatic rings. The van der Waals surface area contributed by atoms with Gasteiger partial charge in [-0.3, -0.25) is 4.79 Å². The number of carbonyl (C=O) groups excluding carboxylic acids is 1. The molecule has 0 heterocycles. The van der Waals surface area contributed by atoms with Crippen LogP contribution in [-0.4, -0.2) is 26.3 Å². The van der Waals surface area contributed by atoms with Gasteiger partial charge >= 0.3 is 0 Å². The normalized spacial score (nSPS) is 10.8. The molecule has 0 spiro atoms. The van der Waals surface area contributed by atoms with Crippen molar-refractivity contribution in [1.29, 1.82) is 0 Å². The summed E-state index contributed by atoms with van der Waals surface area (Å²) in [5, 5.41) is 6.44. The Hall–Kier alpha value is -4.32. The summed E-state index contributed by atoms with van der Waals surface area (Å²) in [5.74, 6) is 1.34. The van der Waals surface area contributed by atoms with Crippen LogP contribution in [0, 0.1) is 0 Å². The van der Waals surface area contributed by atoms with E-state index in [1.165, 1.54) is 19.6 Å². The van der Waals surface area contributed by atoms with Gasteiger partial charge in [-0.15, -0.1) is 0 Å². The van der Waals surface area contributed by atoms with Crippen LogP contribution in [0.2, 0.25) is 0 Å². The Bertz CT molecular complexity index is 1270. The van der Waals surface area contributed by atoms with E-state index in [1.54, 1.807) is 24.4 Å². The standard InChI is InChI=1S/C27H24N2O4/c1-31-23-14-22(15-24(16-23)32-2)27(30)29-28-17-20-9-4-6-13-26(20)33-18-21-11-7-10-19-8-3-5-12-25(19)21/h3-17H,18H2,1-2H3,(H,29,30). The van der Waals surface area contributed by atoms with Crippen molar-refractivity contribution < 1.29 is 19.0 Å². The van der Waals surface area contributed by atoms with E-state index >= 15 is 0 Å². The highest BCUT2D eigenvalue weighted by Crippen LogP contribution is 2.23. The molecule has 1 amide bonds. The van der Waals surface area contributed by atoms with Crippen LogP contribution < -0.4 is 19.6 Å². The number of amides is 1. The number of para-hydroxylation sites is 1. The largest absolute Gasteiger partial charge is 0.497 e. The summed E-state index contributed by atoms with van der Waals surface area (Å²) in [7, 11) is 3.06. The lowest BCUT2D eigenvalue weighted by Gasteiger charge is -2.11. The summed E-state index contributed by atoms with van der Waals surface area (Å²) in [6.45, 7) is 0.419. The summed E-state index contributed by atoms with van der Waals surface area (Å²) in [6.07, 6.45) is 1.56. The fourth-order valence-electron chi connectivity index (χ4n) is 3.46. The fourth-order valence-corrected chi connectivity index (χ4v) is 3.46. The van der Waals surface area contributed by atoms with Gasteiger partial charge in [0.15, 0.2) is 0 Å². The summed E-state index contributed by atoms with van der Waals surface area (Å²) in [6, 6.07) is 26.9. The Morgan fingerprint density at radius 1 is 0.879 bits per heavy atom. The van der Waals surface area contributed by atoms with Crippen molar-refractivity contribution in [2.24, 2.45) is 5.10 Å². The van der Waals surface area contributed by atoms with Gasteiger partial charge in [0.1, 0.15) is 23.9 Å². The number of benzene rings is 4. The maximum absolute atomic E-state index is 12.5. The number of ether oxygens (including phenoxy) is 3. The van der Waals surface area contributed by atoms with Crippen LogP contribution in [0.25, 0.3) is 10.8 Å². The molecule has 0 saturated heterocycles. The van der Waals surface area contributed by atoms with Crippen LogP contribution in [0.1, 0.15) is 21.5 Å². The smallest absolute Gasteiger partial charge is 0.271 e. The van der Waals surface area contributed by atoms with Gasteiger partial charge in [-0.25, -0.2) is 5.43 Å². The van der Waals surface area contributed by atoms with Gasteiger partial charge in [-0.1, -0.05) is 54.6 Å². The lowest BCUT2D eigenvalue weighted by atomic mass is 10.1. The number of nitrogens with one attached hydrogen (secondary N) is 1. The monoisotopic (exact) mass is 440 g/mol. The molecule has 0 aromatic heterocycles. The van der Waals surface area contributed by atoms with Crippen molar-refractivity contribution in [3.8, 4) is 17.2 Å². The molecule has 1 N–H and O–H groups in total. The van der Waals surface area contributed by atoms with E-state index in [0.717, 1.165) is 16.5 Å². The number of hydrogen-bond acceptors (Lipinski definition) is 5. The van der Waals surface area contributed by atoms with Crippen LogP contribution >= 0.6 is 0 Å². The molecule has 4 rings (SSSR count). The van der Waals surface area contributed by atoms with Crippen molar-refractivity contribution in [2.45, 2.75) is 6.61 Å². The molecule has 6 nitrogen and oxygen atoms in total. The molecule has 0 saturated carbocycles. The van der Waals surface area contributed by atoms with Crippen molar-refractivity contribution >= 4 is 22.9 Å². The number of fused-ring (bicyclic) bond motifs is 1. The maximum Gasteiger partial charge on any atom is 0.271 e. The highest BCUT2D eigenvalue weighted by atomic mass is 16.5. The zero-order valence-electron chi connectivity index (χ0n) is 18.4. The molecule has 33 heavy (non-hydrogen) atoms. The zero-order chi connectivity index (χ0) is 23.0. The molecule has 0 fully saturated rings. The number of hydrazone groups is 1. The first-order chi connectivity index (χ1) is 16.2. The lowest BCUT2D eigenvalue weighted by molar-refractivity contribution is 0.0954.